The number of carboxylic acid groups (broad SMARTS) is 1. The van der Waals surface area contributed by atoms with Gasteiger partial charge in [0.2, 0.25) is 0 Å². The first-order valence-corrected chi connectivity index (χ1v) is 4.96. The molecule has 0 aromatic heterocycles. The zero-order valence-corrected chi connectivity index (χ0v) is 9.67. The van der Waals surface area contributed by atoms with Crippen LogP contribution in [-0.4, -0.2) is 22.6 Å². The molecule has 0 amide bonds. The number of nitrogens with zero attached hydrogens (tertiary/aromatic N) is 1. The third kappa shape index (κ3) is 4.02. The van der Waals surface area contributed by atoms with Gasteiger partial charge in [-0.05, 0) is 24.6 Å². The molecule has 19 heavy (non-hydrogen) atoms. The molecule has 8 heteroatoms. The Labute approximate surface area is 106 Å². The van der Waals surface area contributed by atoms with E-state index in [-0.39, 0.29) is 16.9 Å². The van der Waals surface area contributed by atoms with E-state index in [9.17, 15) is 23.7 Å². The summed E-state index contributed by atoms with van der Waals surface area (Å²) in [5.74, 6) is -1.60. The van der Waals surface area contributed by atoms with E-state index in [1.807, 2.05) is 0 Å². The molecule has 0 fully saturated rings. The second kappa shape index (κ2) is 5.89. The summed E-state index contributed by atoms with van der Waals surface area (Å²) in [7, 11) is 0. The number of hydrogen-bond acceptors (Lipinski definition) is 4. The number of carbonyl (C=O) groups is 1. The van der Waals surface area contributed by atoms with Crippen LogP contribution in [0.5, 0.6) is 5.75 Å². The van der Waals surface area contributed by atoms with Crippen molar-refractivity contribution in [3.05, 3.63) is 39.4 Å². The molecule has 0 spiro atoms. The lowest BCUT2D eigenvalue weighted by molar-refractivity contribution is -0.385. The highest BCUT2D eigenvalue weighted by atomic mass is 19.3. The number of aliphatic carboxylic acids is 1. The lowest BCUT2D eigenvalue weighted by atomic mass is 10.1. The van der Waals surface area contributed by atoms with Crippen LogP contribution in [0.15, 0.2) is 18.2 Å². The zero-order valence-electron chi connectivity index (χ0n) is 9.67. The number of rotatable bonds is 5. The Hall–Kier alpha value is -2.51. The molecule has 1 rings (SSSR count). The van der Waals surface area contributed by atoms with Gasteiger partial charge in [0, 0.05) is 6.08 Å². The highest BCUT2D eigenvalue weighted by molar-refractivity contribution is 5.86. The number of benzene rings is 1. The van der Waals surface area contributed by atoms with Crippen molar-refractivity contribution in [3.63, 3.8) is 0 Å². The topological polar surface area (TPSA) is 89.7 Å². The first-order chi connectivity index (χ1) is 8.81. The Morgan fingerprint density at radius 2 is 2.16 bits per heavy atom. The molecule has 0 aliphatic carbocycles. The Balaban J connectivity index is 3.28. The fraction of sp³-hybridized carbons (Fsp3) is 0.182. The van der Waals surface area contributed by atoms with Gasteiger partial charge in [-0.1, -0.05) is 0 Å². The summed E-state index contributed by atoms with van der Waals surface area (Å²) in [5.41, 5.74) is -0.291. The number of hydrogen-bond donors (Lipinski definition) is 1. The average molecular weight is 273 g/mol. The summed E-state index contributed by atoms with van der Waals surface area (Å²) in [6.07, 6.45) is 1.73. The number of nitro benzene ring substituents is 1. The SMILES string of the molecule is Cc1cc(/C=C/C(=O)O)c([N+](=O)[O-])cc1OC(F)F. The number of aryl methyl sites for hydroxylation is 1. The van der Waals surface area contributed by atoms with Crippen LogP contribution in [0, 0.1) is 17.0 Å². The van der Waals surface area contributed by atoms with Gasteiger partial charge in [-0.2, -0.15) is 8.78 Å². The number of ether oxygens (including phenoxy) is 1. The molecule has 0 heterocycles. The second-order valence-corrected chi connectivity index (χ2v) is 3.48. The molecule has 0 atom stereocenters. The van der Waals surface area contributed by atoms with E-state index in [1.165, 1.54) is 13.0 Å². The molecule has 0 bridgehead atoms. The predicted octanol–water partition coefficient (Wildman–Crippen LogP) is 2.60. The first kappa shape index (κ1) is 14.6. The zero-order chi connectivity index (χ0) is 14.6. The predicted molar refractivity (Wildman–Crippen MR) is 61.1 cm³/mol. The molecular formula is C11H9F2NO5. The van der Waals surface area contributed by atoms with Gasteiger partial charge in [-0.25, -0.2) is 4.79 Å². The van der Waals surface area contributed by atoms with E-state index in [1.54, 1.807) is 0 Å². The normalized spacial score (nSPS) is 10.9. The smallest absolute Gasteiger partial charge is 0.387 e. The van der Waals surface area contributed by atoms with Crippen molar-refractivity contribution in [1.29, 1.82) is 0 Å². The highest BCUT2D eigenvalue weighted by Crippen LogP contribution is 2.30. The number of nitro groups is 1. The molecule has 6 nitrogen and oxygen atoms in total. The Bertz CT molecular complexity index is 542. The monoisotopic (exact) mass is 273 g/mol. The minimum atomic E-state index is -3.10. The van der Waals surface area contributed by atoms with Crippen LogP contribution in [-0.2, 0) is 4.79 Å². The standard InChI is InChI=1S/C11H9F2NO5/c1-6-4-7(2-3-10(15)16)8(14(17)18)5-9(6)19-11(12)13/h2-5,11H,1H3,(H,15,16)/b3-2+. The molecule has 1 N–H and O–H groups in total. The summed E-state index contributed by atoms with van der Waals surface area (Å²) in [6, 6.07) is 2.04. The van der Waals surface area contributed by atoms with Crippen LogP contribution in [0.4, 0.5) is 14.5 Å². The fourth-order valence-electron chi connectivity index (χ4n) is 1.38. The van der Waals surface area contributed by atoms with Gasteiger partial charge < -0.3 is 9.84 Å². The molecule has 0 radical (unpaired) electrons. The Kier molecular flexibility index (Phi) is 4.51. The van der Waals surface area contributed by atoms with Gasteiger partial charge in [0.05, 0.1) is 16.6 Å². The number of halogens is 2. The lowest BCUT2D eigenvalue weighted by Gasteiger charge is -2.08. The van der Waals surface area contributed by atoms with Crippen LogP contribution >= 0.6 is 0 Å². The molecule has 1 aromatic rings. The van der Waals surface area contributed by atoms with E-state index < -0.39 is 23.2 Å². The lowest BCUT2D eigenvalue weighted by Crippen LogP contribution is -2.04. The van der Waals surface area contributed by atoms with Crippen molar-refractivity contribution >= 4 is 17.7 Å². The van der Waals surface area contributed by atoms with Crippen LogP contribution in [0.25, 0.3) is 6.08 Å². The van der Waals surface area contributed by atoms with Crippen molar-refractivity contribution in [2.24, 2.45) is 0 Å². The third-order valence-corrected chi connectivity index (χ3v) is 2.14. The van der Waals surface area contributed by atoms with Gasteiger partial charge in [0.15, 0.2) is 0 Å². The van der Waals surface area contributed by atoms with E-state index in [0.717, 1.165) is 18.2 Å². The minimum Gasteiger partial charge on any atom is -0.478 e. The van der Waals surface area contributed by atoms with E-state index in [4.69, 9.17) is 5.11 Å². The summed E-state index contributed by atoms with van der Waals surface area (Å²) in [4.78, 5) is 20.4. The first-order valence-electron chi connectivity index (χ1n) is 4.96. The molecule has 0 saturated carbocycles. The Morgan fingerprint density at radius 1 is 1.53 bits per heavy atom. The summed E-state index contributed by atoms with van der Waals surface area (Å²) >= 11 is 0. The highest BCUT2D eigenvalue weighted by Gasteiger charge is 2.18. The van der Waals surface area contributed by atoms with Crippen LogP contribution in [0.1, 0.15) is 11.1 Å². The maximum absolute atomic E-state index is 12.1. The molecule has 0 saturated heterocycles. The largest absolute Gasteiger partial charge is 0.478 e. The van der Waals surface area contributed by atoms with Crippen molar-refractivity contribution in [1.82, 2.24) is 0 Å². The number of alkyl halides is 2. The van der Waals surface area contributed by atoms with Gasteiger partial charge >= 0.3 is 12.6 Å². The van der Waals surface area contributed by atoms with Crippen molar-refractivity contribution in [2.45, 2.75) is 13.5 Å². The molecule has 0 unspecified atom stereocenters. The van der Waals surface area contributed by atoms with Gasteiger partial charge in [-0.3, -0.25) is 10.1 Å². The van der Waals surface area contributed by atoms with Gasteiger partial charge in [0.25, 0.3) is 5.69 Å². The van der Waals surface area contributed by atoms with E-state index >= 15 is 0 Å². The third-order valence-electron chi connectivity index (χ3n) is 2.14. The van der Waals surface area contributed by atoms with Gasteiger partial charge in [0.1, 0.15) is 5.75 Å². The maximum Gasteiger partial charge on any atom is 0.387 e. The average Bonchev–Trinajstić information content (AvgIpc) is 2.28. The molecule has 0 aliphatic rings. The van der Waals surface area contributed by atoms with Crippen LogP contribution in [0.3, 0.4) is 0 Å². The second-order valence-electron chi connectivity index (χ2n) is 3.48. The Morgan fingerprint density at radius 3 is 2.63 bits per heavy atom. The summed E-state index contributed by atoms with van der Waals surface area (Å²) in [5, 5.41) is 19.3. The maximum atomic E-state index is 12.1. The molecule has 0 aliphatic heterocycles. The van der Waals surface area contributed by atoms with Crippen molar-refractivity contribution in [2.75, 3.05) is 0 Å². The fourth-order valence-corrected chi connectivity index (χ4v) is 1.38. The minimum absolute atomic E-state index is 0.00786. The molecule has 102 valence electrons. The van der Waals surface area contributed by atoms with Gasteiger partial charge in [-0.15, -0.1) is 0 Å². The molecule has 1 aromatic carbocycles. The molecular weight excluding hydrogens is 264 g/mol. The van der Waals surface area contributed by atoms with Crippen molar-refractivity contribution in [3.8, 4) is 5.75 Å². The quantitative estimate of drug-likeness (QED) is 0.506. The van der Waals surface area contributed by atoms with Crippen molar-refractivity contribution < 1.29 is 28.3 Å². The summed E-state index contributed by atoms with van der Waals surface area (Å²) < 4.78 is 28.3. The van der Waals surface area contributed by atoms with Crippen LogP contribution < -0.4 is 4.74 Å². The van der Waals surface area contributed by atoms with E-state index in [2.05, 4.69) is 4.74 Å². The summed E-state index contributed by atoms with van der Waals surface area (Å²) in [6.45, 7) is -1.68. The van der Waals surface area contributed by atoms with Crippen LogP contribution in [0.2, 0.25) is 0 Å². The van der Waals surface area contributed by atoms with E-state index in [0.29, 0.717) is 0 Å². The number of carboxylic acids is 1.